The monoisotopic (exact) mass is 431 g/mol. The highest BCUT2D eigenvalue weighted by Gasteiger charge is 2.16. The molecule has 1 saturated heterocycles. The number of piperazine rings is 1. The number of nitrogens with one attached hydrogen (secondary N) is 2. The normalized spacial score (nSPS) is 16.5. The molecule has 0 spiro atoms. The molecule has 1 aliphatic rings. The van der Waals surface area contributed by atoms with Gasteiger partial charge in [-0.25, -0.2) is 0 Å². The quantitative estimate of drug-likeness (QED) is 0.254. The number of aliphatic hydroxyl groups excluding tert-OH is 1. The van der Waals surface area contributed by atoms with Crippen molar-refractivity contribution in [2.75, 3.05) is 63.9 Å². The smallest absolute Gasteiger partial charge is 0.191 e. The molecule has 3 N–H and O–H groups in total. The first-order valence-corrected chi connectivity index (χ1v) is 12.3. The number of hydrogen-bond donors (Lipinski definition) is 3. The van der Waals surface area contributed by atoms with Crippen molar-refractivity contribution in [2.45, 2.75) is 46.5 Å². The van der Waals surface area contributed by atoms with Gasteiger partial charge in [-0.1, -0.05) is 32.0 Å². The van der Waals surface area contributed by atoms with Crippen LogP contribution in [0.15, 0.2) is 35.3 Å². The lowest BCUT2D eigenvalue weighted by molar-refractivity contribution is 0.245. The minimum atomic E-state index is 0.247. The van der Waals surface area contributed by atoms with Gasteiger partial charge in [-0.3, -0.25) is 9.89 Å². The highest BCUT2D eigenvalue weighted by Crippen LogP contribution is 2.16. The maximum atomic E-state index is 9.31. The molecule has 1 heterocycles. The Hall–Kier alpha value is -1.79. The molecule has 6 nitrogen and oxygen atoms in total. The van der Waals surface area contributed by atoms with Gasteiger partial charge in [-0.15, -0.1) is 0 Å². The van der Waals surface area contributed by atoms with Crippen LogP contribution in [0.5, 0.6) is 0 Å². The molecule has 1 aromatic carbocycles. The predicted molar refractivity (Wildman–Crippen MR) is 133 cm³/mol. The fraction of sp³-hybridized carbons (Fsp3) is 0.720. The van der Waals surface area contributed by atoms with Crippen molar-refractivity contribution < 1.29 is 5.11 Å². The molecule has 1 aromatic rings. The van der Waals surface area contributed by atoms with Crippen LogP contribution in [0.25, 0.3) is 0 Å². The number of hydrogen-bond acceptors (Lipinski definition) is 4. The largest absolute Gasteiger partial charge is 0.396 e. The first-order chi connectivity index (χ1) is 15.1. The first-order valence-electron chi connectivity index (χ1n) is 12.3. The van der Waals surface area contributed by atoms with Crippen LogP contribution < -0.4 is 15.5 Å². The SMILES string of the molecule is CCNC(=NCC(CCO)CC(C)C)NCCCCN1CCN(c2ccccc2)CC1. The van der Waals surface area contributed by atoms with E-state index in [2.05, 4.69) is 71.5 Å². The molecule has 176 valence electrons. The van der Waals surface area contributed by atoms with Crippen molar-refractivity contribution >= 4 is 11.6 Å². The Morgan fingerprint density at radius 1 is 1.06 bits per heavy atom. The minimum absolute atomic E-state index is 0.247. The van der Waals surface area contributed by atoms with E-state index in [0.717, 1.165) is 71.0 Å². The van der Waals surface area contributed by atoms with Crippen LogP contribution in [0.4, 0.5) is 5.69 Å². The van der Waals surface area contributed by atoms with E-state index < -0.39 is 0 Å². The van der Waals surface area contributed by atoms with Gasteiger partial charge >= 0.3 is 0 Å². The number of guanidine groups is 1. The Morgan fingerprint density at radius 3 is 2.45 bits per heavy atom. The zero-order valence-corrected chi connectivity index (χ0v) is 20.0. The molecule has 0 radical (unpaired) electrons. The summed E-state index contributed by atoms with van der Waals surface area (Å²) in [5.41, 5.74) is 1.34. The van der Waals surface area contributed by atoms with Crippen LogP contribution in [0.2, 0.25) is 0 Å². The zero-order chi connectivity index (χ0) is 22.3. The maximum absolute atomic E-state index is 9.31. The molecule has 0 aromatic heterocycles. The van der Waals surface area contributed by atoms with Gasteiger partial charge in [0.05, 0.1) is 0 Å². The van der Waals surface area contributed by atoms with E-state index in [9.17, 15) is 5.11 Å². The number of unbranched alkanes of at least 4 members (excludes halogenated alkanes) is 1. The Kier molecular flexibility index (Phi) is 12.4. The van der Waals surface area contributed by atoms with Gasteiger partial charge in [-0.05, 0) is 63.1 Å². The van der Waals surface area contributed by atoms with Crippen LogP contribution in [0, 0.1) is 11.8 Å². The molecule has 0 aliphatic carbocycles. The second kappa shape index (κ2) is 15.1. The summed E-state index contributed by atoms with van der Waals surface area (Å²) in [5.74, 6) is 2.00. The van der Waals surface area contributed by atoms with Crippen molar-refractivity contribution in [3.05, 3.63) is 30.3 Å². The maximum Gasteiger partial charge on any atom is 0.191 e. The summed E-state index contributed by atoms with van der Waals surface area (Å²) in [6.45, 7) is 15.1. The summed E-state index contributed by atoms with van der Waals surface area (Å²) in [4.78, 5) is 9.85. The van der Waals surface area contributed by atoms with Crippen molar-refractivity contribution in [3.8, 4) is 0 Å². The van der Waals surface area contributed by atoms with Crippen LogP contribution in [0.1, 0.15) is 46.5 Å². The van der Waals surface area contributed by atoms with E-state index in [1.54, 1.807) is 0 Å². The number of aliphatic hydroxyl groups is 1. The Balaban J connectivity index is 1.63. The Bertz CT molecular complexity index is 599. The van der Waals surface area contributed by atoms with E-state index >= 15 is 0 Å². The summed E-state index contributed by atoms with van der Waals surface area (Å²) in [7, 11) is 0. The topological polar surface area (TPSA) is 63.1 Å². The molecule has 1 unspecified atom stereocenters. The van der Waals surface area contributed by atoms with Gasteiger partial charge in [-0.2, -0.15) is 0 Å². The van der Waals surface area contributed by atoms with Gasteiger partial charge in [0.15, 0.2) is 5.96 Å². The van der Waals surface area contributed by atoms with E-state index in [1.165, 1.54) is 18.7 Å². The number of para-hydroxylation sites is 1. The third-order valence-electron chi connectivity index (χ3n) is 5.88. The third kappa shape index (κ3) is 10.4. The van der Waals surface area contributed by atoms with Gasteiger partial charge < -0.3 is 20.6 Å². The molecule has 1 atom stereocenters. The lowest BCUT2D eigenvalue weighted by atomic mass is 9.94. The number of anilines is 1. The summed E-state index contributed by atoms with van der Waals surface area (Å²) >= 11 is 0. The Labute approximate surface area is 190 Å². The lowest BCUT2D eigenvalue weighted by Crippen LogP contribution is -2.46. The summed E-state index contributed by atoms with van der Waals surface area (Å²) in [5, 5.41) is 16.2. The molecular formula is C25H45N5O. The minimum Gasteiger partial charge on any atom is -0.396 e. The summed E-state index contributed by atoms with van der Waals surface area (Å²) in [6, 6.07) is 10.7. The molecule has 1 fully saturated rings. The molecule has 2 rings (SSSR count). The molecule has 1 aliphatic heterocycles. The molecule has 6 heteroatoms. The molecule has 0 bridgehead atoms. The lowest BCUT2D eigenvalue weighted by Gasteiger charge is -2.36. The standard InChI is InChI=1S/C25H45N5O/c1-4-26-25(28-21-23(12-19-31)20-22(2)3)27-13-8-9-14-29-15-17-30(18-16-29)24-10-6-5-7-11-24/h5-7,10-11,22-23,31H,4,8-9,12-21H2,1-3H3,(H2,26,27,28). The number of aliphatic imine (C=N–C) groups is 1. The van der Waals surface area contributed by atoms with Crippen molar-refractivity contribution in [1.82, 2.24) is 15.5 Å². The van der Waals surface area contributed by atoms with Crippen LogP contribution >= 0.6 is 0 Å². The zero-order valence-electron chi connectivity index (χ0n) is 20.0. The van der Waals surface area contributed by atoms with Gasteiger partial charge in [0.2, 0.25) is 0 Å². The Morgan fingerprint density at radius 2 is 1.81 bits per heavy atom. The van der Waals surface area contributed by atoms with Gasteiger partial charge in [0.1, 0.15) is 0 Å². The average molecular weight is 432 g/mol. The second-order valence-electron chi connectivity index (χ2n) is 9.03. The number of rotatable bonds is 13. The number of benzene rings is 1. The second-order valence-corrected chi connectivity index (χ2v) is 9.03. The number of nitrogens with zero attached hydrogens (tertiary/aromatic N) is 3. The average Bonchev–Trinajstić information content (AvgIpc) is 2.78. The van der Waals surface area contributed by atoms with E-state index in [1.807, 2.05) is 0 Å². The first kappa shape index (κ1) is 25.5. The van der Waals surface area contributed by atoms with Gasteiger partial charge in [0.25, 0.3) is 0 Å². The van der Waals surface area contributed by atoms with Gasteiger partial charge in [0, 0.05) is 58.1 Å². The molecule has 0 saturated carbocycles. The fourth-order valence-electron chi connectivity index (χ4n) is 4.23. The van der Waals surface area contributed by atoms with Crippen LogP contribution in [-0.2, 0) is 0 Å². The predicted octanol–water partition coefficient (Wildman–Crippen LogP) is 3.19. The summed E-state index contributed by atoms with van der Waals surface area (Å²) < 4.78 is 0. The van der Waals surface area contributed by atoms with E-state index in [4.69, 9.17) is 4.99 Å². The fourth-order valence-corrected chi connectivity index (χ4v) is 4.23. The van der Waals surface area contributed by atoms with Crippen molar-refractivity contribution in [1.29, 1.82) is 0 Å². The van der Waals surface area contributed by atoms with Crippen molar-refractivity contribution in [2.24, 2.45) is 16.8 Å². The van der Waals surface area contributed by atoms with Crippen LogP contribution in [-0.4, -0.2) is 74.9 Å². The molecule has 0 amide bonds. The van der Waals surface area contributed by atoms with Crippen molar-refractivity contribution in [3.63, 3.8) is 0 Å². The molecule has 31 heavy (non-hydrogen) atoms. The highest BCUT2D eigenvalue weighted by atomic mass is 16.3. The van der Waals surface area contributed by atoms with Crippen LogP contribution in [0.3, 0.4) is 0 Å². The molecular weight excluding hydrogens is 386 g/mol. The van der Waals surface area contributed by atoms with E-state index in [-0.39, 0.29) is 6.61 Å². The van der Waals surface area contributed by atoms with E-state index in [0.29, 0.717) is 11.8 Å². The summed E-state index contributed by atoms with van der Waals surface area (Å²) in [6.07, 6.45) is 4.30. The highest BCUT2D eigenvalue weighted by molar-refractivity contribution is 5.79. The third-order valence-corrected chi connectivity index (χ3v) is 5.88.